The maximum atomic E-state index is 12.6. The van der Waals surface area contributed by atoms with E-state index in [9.17, 15) is 13.5 Å². The minimum absolute atomic E-state index is 0.136. The number of aliphatic hydroxyl groups is 1. The van der Waals surface area contributed by atoms with Crippen molar-refractivity contribution in [2.24, 2.45) is 0 Å². The fourth-order valence-corrected chi connectivity index (χ4v) is 4.13. The molecule has 2 heterocycles. The molecular formula is C14H23N3O3S. The Labute approximate surface area is 126 Å². The van der Waals surface area contributed by atoms with Crippen molar-refractivity contribution in [1.29, 1.82) is 0 Å². The van der Waals surface area contributed by atoms with Crippen LogP contribution in [0, 0.1) is 0 Å². The van der Waals surface area contributed by atoms with E-state index < -0.39 is 10.0 Å². The van der Waals surface area contributed by atoms with Crippen molar-refractivity contribution < 1.29 is 13.5 Å². The summed E-state index contributed by atoms with van der Waals surface area (Å²) in [6.45, 7) is 3.18. The zero-order chi connectivity index (χ0) is 15.3. The summed E-state index contributed by atoms with van der Waals surface area (Å²) < 4.78 is 26.7. The summed E-state index contributed by atoms with van der Waals surface area (Å²) in [6, 6.07) is 2.94. The maximum Gasteiger partial charge on any atom is 0.244 e. The molecule has 21 heavy (non-hydrogen) atoms. The van der Waals surface area contributed by atoms with Crippen LogP contribution in [0.4, 0.5) is 5.82 Å². The number of hydrogen-bond acceptors (Lipinski definition) is 5. The molecule has 0 spiro atoms. The summed E-state index contributed by atoms with van der Waals surface area (Å²) in [5.74, 6) is 0.674. The molecule has 1 aliphatic rings. The van der Waals surface area contributed by atoms with Gasteiger partial charge in [-0.15, -0.1) is 0 Å². The number of aliphatic hydroxyl groups excluding tert-OH is 1. The molecule has 1 unspecified atom stereocenters. The molecule has 0 amide bonds. The van der Waals surface area contributed by atoms with Gasteiger partial charge in [0.25, 0.3) is 0 Å². The quantitative estimate of drug-likeness (QED) is 0.830. The zero-order valence-corrected chi connectivity index (χ0v) is 13.1. The van der Waals surface area contributed by atoms with Crippen LogP contribution in [0.2, 0.25) is 0 Å². The molecule has 0 aliphatic carbocycles. The molecule has 118 valence electrons. The van der Waals surface area contributed by atoms with Crippen LogP contribution in [0.1, 0.15) is 32.6 Å². The molecule has 1 atom stereocenters. The molecule has 2 rings (SSSR count). The second-order valence-electron chi connectivity index (χ2n) is 5.25. The predicted molar refractivity (Wildman–Crippen MR) is 81.6 cm³/mol. The third kappa shape index (κ3) is 3.72. The van der Waals surface area contributed by atoms with Crippen LogP contribution >= 0.6 is 0 Å². The zero-order valence-electron chi connectivity index (χ0n) is 12.3. The highest BCUT2D eigenvalue weighted by Gasteiger charge is 2.33. The Balaban J connectivity index is 2.18. The fourth-order valence-electron chi connectivity index (χ4n) is 2.50. The number of piperidine rings is 1. The molecule has 0 radical (unpaired) electrons. The van der Waals surface area contributed by atoms with Crippen LogP contribution in [0.3, 0.4) is 0 Å². The van der Waals surface area contributed by atoms with Gasteiger partial charge in [0.1, 0.15) is 10.7 Å². The van der Waals surface area contributed by atoms with Gasteiger partial charge in [0, 0.05) is 25.3 Å². The molecule has 1 aromatic heterocycles. The SMILES string of the molecule is CCCNc1ccc(S(=O)(=O)N2CCCCC2CO)cn1. The molecule has 1 aliphatic heterocycles. The van der Waals surface area contributed by atoms with Gasteiger partial charge in [0.2, 0.25) is 10.0 Å². The number of nitrogens with one attached hydrogen (secondary N) is 1. The van der Waals surface area contributed by atoms with Gasteiger partial charge >= 0.3 is 0 Å². The Morgan fingerprint density at radius 2 is 2.24 bits per heavy atom. The molecule has 1 saturated heterocycles. The lowest BCUT2D eigenvalue weighted by Crippen LogP contribution is -2.45. The maximum absolute atomic E-state index is 12.6. The molecule has 0 bridgehead atoms. The Morgan fingerprint density at radius 3 is 2.86 bits per heavy atom. The van der Waals surface area contributed by atoms with Gasteiger partial charge in [0.05, 0.1) is 6.61 Å². The van der Waals surface area contributed by atoms with E-state index in [1.165, 1.54) is 10.5 Å². The Morgan fingerprint density at radius 1 is 1.43 bits per heavy atom. The van der Waals surface area contributed by atoms with Gasteiger partial charge in [-0.2, -0.15) is 4.31 Å². The van der Waals surface area contributed by atoms with Crippen molar-refractivity contribution in [1.82, 2.24) is 9.29 Å². The molecule has 2 N–H and O–H groups in total. The Hall–Kier alpha value is -1.18. The third-order valence-corrected chi connectivity index (χ3v) is 5.62. The van der Waals surface area contributed by atoms with E-state index in [0.717, 1.165) is 25.8 Å². The summed E-state index contributed by atoms with van der Waals surface area (Å²) in [5, 5.41) is 12.5. The summed E-state index contributed by atoms with van der Waals surface area (Å²) in [5.41, 5.74) is 0. The van der Waals surface area contributed by atoms with Crippen LogP contribution in [-0.4, -0.2) is 48.6 Å². The summed E-state index contributed by atoms with van der Waals surface area (Å²) in [4.78, 5) is 4.33. The highest BCUT2D eigenvalue weighted by Crippen LogP contribution is 2.25. The van der Waals surface area contributed by atoms with E-state index in [4.69, 9.17) is 0 Å². The predicted octanol–water partition coefficient (Wildman–Crippen LogP) is 1.44. The summed E-state index contributed by atoms with van der Waals surface area (Å²) >= 11 is 0. The highest BCUT2D eigenvalue weighted by molar-refractivity contribution is 7.89. The first-order chi connectivity index (χ1) is 10.1. The second kappa shape index (κ2) is 7.20. The van der Waals surface area contributed by atoms with Crippen LogP contribution in [0.5, 0.6) is 0 Å². The highest BCUT2D eigenvalue weighted by atomic mass is 32.2. The average Bonchev–Trinajstić information content (AvgIpc) is 2.53. The number of hydrogen-bond donors (Lipinski definition) is 2. The number of rotatable bonds is 6. The normalized spacial score (nSPS) is 20.4. The largest absolute Gasteiger partial charge is 0.395 e. The Kier molecular flexibility index (Phi) is 5.55. The first-order valence-electron chi connectivity index (χ1n) is 7.42. The second-order valence-corrected chi connectivity index (χ2v) is 7.14. The number of sulfonamides is 1. The van der Waals surface area contributed by atoms with Crippen molar-refractivity contribution in [2.45, 2.75) is 43.5 Å². The van der Waals surface area contributed by atoms with Gasteiger partial charge < -0.3 is 10.4 Å². The van der Waals surface area contributed by atoms with Gasteiger partial charge in [-0.1, -0.05) is 13.3 Å². The first-order valence-corrected chi connectivity index (χ1v) is 8.86. The van der Waals surface area contributed by atoms with E-state index in [0.29, 0.717) is 18.8 Å². The minimum Gasteiger partial charge on any atom is -0.395 e. The van der Waals surface area contributed by atoms with Crippen LogP contribution in [0.25, 0.3) is 0 Å². The monoisotopic (exact) mass is 313 g/mol. The number of nitrogens with zero attached hydrogens (tertiary/aromatic N) is 2. The third-order valence-electron chi connectivity index (χ3n) is 3.68. The van der Waals surface area contributed by atoms with E-state index in [1.807, 2.05) is 0 Å². The average molecular weight is 313 g/mol. The topological polar surface area (TPSA) is 82.5 Å². The standard InChI is InChI=1S/C14H23N3O3S/c1-2-8-15-14-7-6-13(10-16-14)21(19,20)17-9-4-3-5-12(17)11-18/h6-7,10,12,18H,2-5,8-9,11H2,1H3,(H,15,16). The lowest BCUT2D eigenvalue weighted by molar-refractivity contribution is 0.155. The number of pyridine rings is 1. The Bertz CT molecular complexity index is 545. The van der Waals surface area contributed by atoms with Gasteiger partial charge in [-0.25, -0.2) is 13.4 Å². The van der Waals surface area contributed by atoms with E-state index in [-0.39, 0.29) is 17.5 Å². The molecule has 7 heteroatoms. The van der Waals surface area contributed by atoms with Crippen LogP contribution in [-0.2, 0) is 10.0 Å². The molecule has 1 aromatic rings. The van der Waals surface area contributed by atoms with Gasteiger partial charge in [-0.3, -0.25) is 0 Å². The van der Waals surface area contributed by atoms with Crippen molar-refractivity contribution in [3.8, 4) is 0 Å². The minimum atomic E-state index is -3.58. The molecular weight excluding hydrogens is 290 g/mol. The van der Waals surface area contributed by atoms with Crippen molar-refractivity contribution in [3.63, 3.8) is 0 Å². The van der Waals surface area contributed by atoms with E-state index in [2.05, 4.69) is 17.2 Å². The molecule has 0 saturated carbocycles. The van der Waals surface area contributed by atoms with E-state index in [1.54, 1.807) is 12.1 Å². The fraction of sp³-hybridized carbons (Fsp3) is 0.643. The first kappa shape index (κ1) is 16.2. The smallest absolute Gasteiger partial charge is 0.244 e. The van der Waals surface area contributed by atoms with Crippen molar-refractivity contribution in [3.05, 3.63) is 18.3 Å². The van der Waals surface area contributed by atoms with Crippen LogP contribution in [0.15, 0.2) is 23.2 Å². The molecule has 6 nitrogen and oxygen atoms in total. The van der Waals surface area contributed by atoms with Gasteiger partial charge in [0.15, 0.2) is 0 Å². The number of anilines is 1. The van der Waals surface area contributed by atoms with Crippen LogP contribution < -0.4 is 5.32 Å². The van der Waals surface area contributed by atoms with Crippen molar-refractivity contribution >= 4 is 15.8 Å². The van der Waals surface area contributed by atoms with Crippen molar-refractivity contribution in [2.75, 3.05) is 25.0 Å². The number of aromatic nitrogens is 1. The molecule has 0 aromatic carbocycles. The van der Waals surface area contributed by atoms with Gasteiger partial charge in [-0.05, 0) is 31.4 Å². The lowest BCUT2D eigenvalue weighted by Gasteiger charge is -2.33. The summed E-state index contributed by atoms with van der Waals surface area (Å²) in [6.07, 6.45) is 4.86. The summed E-state index contributed by atoms with van der Waals surface area (Å²) in [7, 11) is -3.58. The van der Waals surface area contributed by atoms with E-state index >= 15 is 0 Å². The molecule has 1 fully saturated rings. The lowest BCUT2D eigenvalue weighted by atomic mass is 10.1.